The van der Waals surface area contributed by atoms with Crippen molar-refractivity contribution in [2.24, 2.45) is 10.8 Å². The summed E-state index contributed by atoms with van der Waals surface area (Å²) in [5.41, 5.74) is 8.64. The number of hydrazone groups is 1. The number of primary amides is 1. The molecule has 0 atom stereocenters. The van der Waals surface area contributed by atoms with Gasteiger partial charge in [0, 0.05) is 0 Å². The molecular formula is C10H11N3O2. The molecule has 0 bridgehead atoms. The van der Waals surface area contributed by atoms with Crippen LogP contribution in [0.25, 0.3) is 0 Å². The molecule has 1 rings (SSSR count). The van der Waals surface area contributed by atoms with Gasteiger partial charge >= 0.3 is 11.8 Å². The first-order valence-electron chi connectivity index (χ1n) is 4.29. The molecule has 0 aromatic heterocycles. The standard InChI is InChI=1S/C10H11N3O2/c1-7-3-2-4-8(5-7)6-12-13-10(15)9(11)14/h2-6H,1H3,(H2,11,14)(H,13,15). The summed E-state index contributed by atoms with van der Waals surface area (Å²) in [6, 6.07) is 7.53. The first kappa shape index (κ1) is 10.9. The van der Waals surface area contributed by atoms with Crippen molar-refractivity contribution in [1.29, 1.82) is 0 Å². The van der Waals surface area contributed by atoms with E-state index < -0.39 is 11.8 Å². The van der Waals surface area contributed by atoms with Gasteiger partial charge in [-0.3, -0.25) is 9.59 Å². The predicted octanol–water partition coefficient (Wildman–Crippen LogP) is -0.0696. The minimum absolute atomic E-state index is 0.833. The SMILES string of the molecule is Cc1cccc(C=NNC(=O)C(N)=O)c1. The molecule has 0 fully saturated rings. The predicted molar refractivity (Wildman–Crippen MR) is 56.1 cm³/mol. The quantitative estimate of drug-likeness (QED) is 0.402. The van der Waals surface area contributed by atoms with Crippen molar-refractivity contribution in [3.8, 4) is 0 Å². The Morgan fingerprint density at radius 3 is 2.80 bits per heavy atom. The molecule has 0 saturated carbocycles. The molecule has 1 aromatic rings. The molecule has 0 saturated heterocycles. The van der Waals surface area contributed by atoms with Gasteiger partial charge in [-0.15, -0.1) is 0 Å². The van der Waals surface area contributed by atoms with Gasteiger partial charge in [0.25, 0.3) is 0 Å². The number of aryl methyl sites for hydroxylation is 1. The number of amides is 2. The van der Waals surface area contributed by atoms with Gasteiger partial charge in [0.05, 0.1) is 6.21 Å². The number of nitrogens with two attached hydrogens (primary N) is 1. The van der Waals surface area contributed by atoms with Gasteiger partial charge in [-0.05, 0) is 12.5 Å². The van der Waals surface area contributed by atoms with E-state index in [0.717, 1.165) is 11.1 Å². The Labute approximate surface area is 87.0 Å². The number of benzene rings is 1. The number of carbonyl (C=O) groups is 2. The van der Waals surface area contributed by atoms with E-state index in [1.807, 2.05) is 36.6 Å². The van der Waals surface area contributed by atoms with E-state index in [4.69, 9.17) is 5.73 Å². The molecule has 78 valence electrons. The van der Waals surface area contributed by atoms with Crippen LogP contribution < -0.4 is 11.2 Å². The van der Waals surface area contributed by atoms with Crippen LogP contribution in [0.4, 0.5) is 0 Å². The highest BCUT2D eigenvalue weighted by atomic mass is 16.2. The maximum Gasteiger partial charge on any atom is 0.329 e. The second-order valence-corrected chi connectivity index (χ2v) is 2.98. The summed E-state index contributed by atoms with van der Waals surface area (Å²) >= 11 is 0. The molecule has 0 unspecified atom stereocenters. The average molecular weight is 205 g/mol. The Bertz CT molecular complexity index is 413. The highest BCUT2D eigenvalue weighted by molar-refractivity contribution is 6.34. The summed E-state index contributed by atoms with van der Waals surface area (Å²) in [6.45, 7) is 1.94. The third-order valence-corrected chi connectivity index (χ3v) is 1.65. The van der Waals surface area contributed by atoms with Crippen LogP contribution in [-0.2, 0) is 9.59 Å². The van der Waals surface area contributed by atoms with Crippen LogP contribution in [0.2, 0.25) is 0 Å². The van der Waals surface area contributed by atoms with E-state index in [1.54, 1.807) is 0 Å². The second-order valence-electron chi connectivity index (χ2n) is 2.98. The number of hydrogen-bond acceptors (Lipinski definition) is 3. The fourth-order valence-corrected chi connectivity index (χ4v) is 0.971. The summed E-state index contributed by atoms with van der Waals surface area (Å²) in [4.78, 5) is 21.0. The Kier molecular flexibility index (Phi) is 3.56. The van der Waals surface area contributed by atoms with Crippen LogP contribution in [0.5, 0.6) is 0 Å². The van der Waals surface area contributed by atoms with Crippen LogP contribution in [0.3, 0.4) is 0 Å². The highest BCUT2D eigenvalue weighted by Crippen LogP contribution is 2.00. The molecule has 5 nitrogen and oxygen atoms in total. The zero-order valence-electron chi connectivity index (χ0n) is 8.23. The lowest BCUT2D eigenvalue weighted by atomic mass is 10.2. The molecule has 0 aliphatic carbocycles. The van der Waals surface area contributed by atoms with E-state index in [9.17, 15) is 9.59 Å². The van der Waals surface area contributed by atoms with Crippen LogP contribution >= 0.6 is 0 Å². The molecule has 15 heavy (non-hydrogen) atoms. The Balaban J connectivity index is 2.59. The van der Waals surface area contributed by atoms with E-state index in [-0.39, 0.29) is 0 Å². The lowest BCUT2D eigenvalue weighted by Gasteiger charge is -1.95. The fraction of sp³-hybridized carbons (Fsp3) is 0.100. The normalized spacial score (nSPS) is 10.2. The van der Waals surface area contributed by atoms with Gasteiger partial charge < -0.3 is 5.73 Å². The van der Waals surface area contributed by atoms with E-state index in [1.165, 1.54) is 6.21 Å². The maximum absolute atomic E-state index is 10.7. The summed E-state index contributed by atoms with van der Waals surface area (Å²) in [7, 11) is 0. The van der Waals surface area contributed by atoms with E-state index >= 15 is 0 Å². The second kappa shape index (κ2) is 4.90. The molecule has 5 heteroatoms. The van der Waals surface area contributed by atoms with Crippen LogP contribution in [-0.4, -0.2) is 18.0 Å². The minimum Gasteiger partial charge on any atom is -0.361 e. The lowest BCUT2D eigenvalue weighted by Crippen LogP contribution is -2.32. The third kappa shape index (κ3) is 3.60. The molecule has 0 spiro atoms. The first-order chi connectivity index (χ1) is 7.09. The topological polar surface area (TPSA) is 84.6 Å². The molecule has 0 radical (unpaired) electrons. The van der Waals surface area contributed by atoms with Crippen molar-refractivity contribution < 1.29 is 9.59 Å². The maximum atomic E-state index is 10.7. The van der Waals surface area contributed by atoms with Crippen molar-refractivity contribution in [2.75, 3.05) is 0 Å². The van der Waals surface area contributed by atoms with Gasteiger partial charge in [-0.25, -0.2) is 5.43 Å². The minimum atomic E-state index is -1.06. The van der Waals surface area contributed by atoms with Crippen LogP contribution in [0, 0.1) is 6.92 Å². The Hall–Kier alpha value is -2.17. The molecule has 2 amide bonds. The zero-order valence-corrected chi connectivity index (χ0v) is 8.23. The van der Waals surface area contributed by atoms with Crippen molar-refractivity contribution in [2.45, 2.75) is 6.92 Å². The van der Waals surface area contributed by atoms with Gasteiger partial charge in [-0.2, -0.15) is 5.10 Å². The fourth-order valence-electron chi connectivity index (χ4n) is 0.971. The molecular weight excluding hydrogens is 194 g/mol. The molecule has 1 aromatic carbocycles. The first-order valence-corrected chi connectivity index (χ1v) is 4.29. The molecule has 0 heterocycles. The lowest BCUT2D eigenvalue weighted by molar-refractivity contribution is -0.137. The highest BCUT2D eigenvalue weighted by Gasteiger charge is 2.04. The number of rotatable bonds is 2. The van der Waals surface area contributed by atoms with E-state index in [0.29, 0.717) is 0 Å². The van der Waals surface area contributed by atoms with Crippen molar-refractivity contribution in [3.63, 3.8) is 0 Å². The number of carbonyl (C=O) groups excluding carboxylic acids is 2. The number of hydrogen-bond donors (Lipinski definition) is 2. The van der Waals surface area contributed by atoms with Gasteiger partial charge in [0.15, 0.2) is 0 Å². The Morgan fingerprint density at radius 2 is 2.20 bits per heavy atom. The van der Waals surface area contributed by atoms with Gasteiger partial charge in [0.2, 0.25) is 0 Å². The van der Waals surface area contributed by atoms with E-state index in [2.05, 4.69) is 5.10 Å². The zero-order chi connectivity index (χ0) is 11.3. The smallest absolute Gasteiger partial charge is 0.329 e. The summed E-state index contributed by atoms with van der Waals surface area (Å²) in [6.07, 6.45) is 1.44. The Morgan fingerprint density at radius 1 is 1.47 bits per heavy atom. The summed E-state index contributed by atoms with van der Waals surface area (Å²) in [5, 5.41) is 3.58. The van der Waals surface area contributed by atoms with Crippen LogP contribution in [0.15, 0.2) is 29.4 Å². The summed E-state index contributed by atoms with van der Waals surface area (Å²) < 4.78 is 0. The van der Waals surface area contributed by atoms with Gasteiger partial charge in [-0.1, -0.05) is 29.8 Å². The van der Waals surface area contributed by atoms with Crippen molar-refractivity contribution in [1.82, 2.24) is 5.43 Å². The molecule has 3 N–H and O–H groups in total. The molecule has 0 aliphatic heterocycles. The number of nitrogens with zero attached hydrogens (tertiary/aromatic N) is 1. The van der Waals surface area contributed by atoms with Crippen LogP contribution in [0.1, 0.15) is 11.1 Å². The average Bonchev–Trinajstić information content (AvgIpc) is 2.17. The third-order valence-electron chi connectivity index (χ3n) is 1.65. The van der Waals surface area contributed by atoms with Crippen molar-refractivity contribution >= 4 is 18.0 Å². The number of nitrogens with one attached hydrogen (secondary N) is 1. The van der Waals surface area contributed by atoms with Gasteiger partial charge in [0.1, 0.15) is 0 Å². The molecule has 0 aliphatic rings. The largest absolute Gasteiger partial charge is 0.361 e. The summed E-state index contributed by atoms with van der Waals surface area (Å²) in [5.74, 6) is -1.99. The van der Waals surface area contributed by atoms with Crippen molar-refractivity contribution in [3.05, 3.63) is 35.4 Å². The monoisotopic (exact) mass is 205 g/mol.